The van der Waals surface area contributed by atoms with Crippen LogP contribution in [0.4, 0.5) is 0 Å². The van der Waals surface area contributed by atoms with Crippen LogP contribution in [0.5, 0.6) is 0 Å². The largest absolute Gasteiger partial charge is 0.327 e. The Morgan fingerprint density at radius 3 is 3.33 bits per heavy atom. The van der Waals surface area contributed by atoms with Crippen molar-refractivity contribution >= 4 is 11.8 Å². The van der Waals surface area contributed by atoms with E-state index in [4.69, 9.17) is 5.73 Å². The van der Waals surface area contributed by atoms with E-state index in [1.807, 2.05) is 12.4 Å². The van der Waals surface area contributed by atoms with Crippen molar-refractivity contribution in [2.24, 2.45) is 5.73 Å². The normalized spacial score (nSPS) is 15.2. The third kappa shape index (κ3) is 1.38. The maximum absolute atomic E-state index is 5.56. The molecule has 12 heavy (non-hydrogen) atoms. The summed E-state index contributed by atoms with van der Waals surface area (Å²) in [5.74, 6) is 0. The van der Waals surface area contributed by atoms with Crippen molar-refractivity contribution in [3.05, 3.63) is 35.0 Å². The fourth-order valence-corrected chi connectivity index (χ4v) is 2.10. The van der Waals surface area contributed by atoms with Crippen molar-refractivity contribution in [3.8, 4) is 0 Å². The van der Waals surface area contributed by atoms with Crippen LogP contribution in [-0.2, 0) is 6.42 Å². The molecule has 0 atom stereocenters. The van der Waals surface area contributed by atoms with Gasteiger partial charge in [0.2, 0.25) is 0 Å². The smallest absolute Gasteiger partial charge is 0.0410 e. The lowest BCUT2D eigenvalue weighted by atomic mass is 10.1. The van der Waals surface area contributed by atoms with Crippen LogP contribution in [-0.4, -0.2) is 11.5 Å². The minimum atomic E-state index is 0.661. The lowest BCUT2D eigenvalue weighted by molar-refractivity contribution is 0.995. The molecule has 1 aromatic heterocycles. The number of thioether (sulfide) groups is 1. The summed E-state index contributed by atoms with van der Waals surface area (Å²) in [6.45, 7) is 0.661. The molecular formula is C9H10N2S. The number of hydrogen-bond acceptors (Lipinski definition) is 3. The molecule has 1 aromatic rings. The molecule has 0 bridgehead atoms. The van der Waals surface area contributed by atoms with E-state index in [9.17, 15) is 0 Å². The van der Waals surface area contributed by atoms with Crippen LogP contribution in [0.3, 0.4) is 0 Å². The quantitative estimate of drug-likeness (QED) is 0.709. The summed E-state index contributed by atoms with van der Waals surface area (Å²) in [7, 11) is 0. The molecule has 0 aliphatic carbocycles. The van der Waals surface area contributed by atoms with Gasteiger partial charge in [0, 0.05) is 23.8 Å². The van der Waals surface area contributed by atoms with Crippen LogP contribution in [0.15, 0.2) is 34.3 Å². The Bertz CT molecular complexity index is 320. The lowest BCUT2D eigenvalue weighted by Crippen LogP contribution is -2.08. The zero-order chi connectivity index (χ0) is 8.39. The van der Waals surface area contributed by atoms with Gasteiger partial charge in [0.05, 0.1) is 0 Å². The topological polar surface area (TPSA) is 38.9 Å². The van der Waals surface area contributed by atoms with Crippen molar-refractivity contribution in [2.75, 3.05) is 6.54 Å². The van der Waals surface area contributed by atoms with Gasteiger partial charge in [-0.05, 0) is 29.0 Å². The van der Waals surface area contributed by atoms with Gasteiger partial charge in [-0.3, -0.25) is 4.98 Å². The third-order valence-electron chi connectivity index (χ3n) is 1.90. The molecular weight excluding hydrogens is 168 g/mol. The van der Waals surface area contributed by atoms with Crippen molar-refractivity contribution in [2.45, 2.75) is 11.3 Å². The summed E-state index contributed by atoms with van der Waals surface area (Å²) < 4.78 is 0. The molecule has 0 radical (unpaired) electrons. The number of fused-ring (bicyclic) bond motifs is 1. The van der Waals surface area contributed by atoms with Crippen LogP contribution in [0.25, 0.3) is 0 Å². The van der Waals surface area contributed by atoms with Gasteiger partial charge in [-0.2, -0.15) is 0 Å². The Morgan fingerprint density at radius 2 is 2.50 bits per heavy atom. The van der Waals surface area contributed by atoms with Gasteiger partial charge in [0.15, 0.2) is 0 Å². The maximum Gasteiger partial charge on any atom is 0.0410 e. The first kappa shape index (κ1) is 7.83. The molecule has 2 N–H and O–H groups in total. The second-order valence-electron chi connectivity index (χ2n) is 2.76. The molecule has 1 aliphatic heterocycles. The number of aromatic nitrogens is 1. The molecule has 0 fully saturated rings. The van der Waals surface area contributed by atoms with Crippen molar-refractivity contribution in [1.82, 2.24) is 4.98 Å². The van der Waals surface area contributed by atoms with Crippen molar-refractivity contribution < 1.29 is 0 Å². The van der Waals surface area contributed by atoms with Crippen LogP contribution in [0.2, 0.25) is 0 Å². The lowest BCUT2D eigenvalue weighted by Gasteiger charge is -2.13. The standard InChI is InChI=1S/C9H10N2S/c10-4-7-3-8-1-2-11-5-9(8)12-6-7/h1-2,5-6H,3-4,10H2. The molecule has 0 saturated heterocycles. The zero-order valence-corrected chi connectivity index (χ0v) is 7.47. The zero-order valence-electron chi connectivity index (χ0n) is 6.66. The van der Waals surface area contributed by atoms with Gasteiger partial charge >= 0.3 is 0 Å². The van der Waals surface area contributed by atoms with Crippen molar-refractivity contribution in [1.29, 1.82) is 0 Å². The van der Waals surface area contributed by atoms with E-state index in [1.54, 1.807) is 11.8 Å². The summed E-state index contributed by atoms with van der Waals surface area (Å²) in [5, 5.41) is 2.13. The fraction of sp³-hybridized carbons (Fsp3) is 0.222. The summed E-state index contributed by atoms with van der Waals surface area (Å²) in [6, 6.07) is 2.06. The predicted molar refractivity (Wildman–Crippen MR) is 50.9 cm³/mol. The average Bonchev–Trinajstić information content (AvgIpc) is 2.17. The average molecular weight is 178 g/mol. The van der Waals surface area contributed by atoms with Gasteiger partial charge in [0.25, 0.3) is 0 Å². The molecule has 0 unspecified atom stereocenters. The number of pyridine rings is 1. The van der Waals surface area contributed by atoms with E-state index >= 15 is 0 Å². The van der Waals surface area contributed by atoms with Crippen LogP contribution < -0.4 is 5.73 Å². The second kappa shape index (κ2) is 3.29. The molecule has 3 heteroatoms. The number of hydrogen-bond donors (Lipinski definition) is 1. The highest BCUT2D eigenvalue weighted by molar-refractivity contribution is 8.02. The summed E-state index contributed by atoms with van der Waals surface area (Å²) in [5.41, 5.74) is 8.21. The Morgan fingerprint density at radius 1 is 1.58 bits per heavy atom. The first-order chi connectivity index (χ1) is 5.90. The van der Waals surface area contributed by atoms with E-state index in [0.29, 0.717) is 6.54 Å². The van der Waals surface area contributed by atoms with Crippen LogP contribution >= 0.6 is 11.8 Å². The Labute approximate surface area is 75.9 Å². The second-order valence-corrected chi connectivity index (χ2v) is 3.67. The van der Waals surface area contributed by atoms with Gasteiger partial charge in [0.1, 0.15) is 0 Å². The number of nitrogens with zero attached hydrogens (tertiary/aromatic N) is 1. The molecule has 2 heterocycles. The van der Waals surface area contributed by atoms with E-state index < -0.39 is 0 Å². The third-order valence-corrected chi connectivity index (χ3v) is 2.98. The highest BCUT2D eigenvalue weighted by Crippen LogP contribution is 2.30. The SMILES string of the molecule is NCC1=CSc2cnccc2C1. The molecule has 2 rings (SSSR count). The van der Waals surface area contributed by atoms with E-state index in [0.717, 1.165) is 6.42 Å². The van der Waals surface area contributed by atoms with Crippen LogP contribution in [0.1, 0.15) is 5.56 Å². The van der Waals surface area contributed by atoms with Gasteiger partial charge in [-0.1, -0.05) is 11.8 Å². The molecule has 62 valence electrons. The Hall–Kier alpha value is -0.800. The maximum atomic E-state index is 5.56. The highest BCUT2D eigenvalue weighted by atomic mass is 32.2. The van der Waals surface area contributed by atoms with E-state index in [2.05, 4.69) is 16.5 Å². The highest BCUT2D eigenvalue weighted by Gasteiger charge is 2.09. The van der Waals surface area contributed by atoms with Gasteiger partial charge in [-0.25, -0.2) is 0 Å². The predicted octanol–water partition coefficient (Wildman–Crippen LogP) is 1.57. The van der Waals surface area contributed by atoms with Gasteiger partial charge < -0.3 is 5.73 Å². The summed E-state index contributed by atoms with van der Waals surface area (Å²) >= 11 is 1.72. The monoisotopic (exact) mass is 178 g/mol. The summed E-state index contributed by atoms with van der Waals surface area (Å²) in [6.07, 6.45) is 4.73. The Balaban J connectivity index is 2.31. The molecule has 0 aromatic carbocycles. The molecule has 0 amide bonds. The minimum absolute atomic E-state index is 0.661. The minimum Gasteiger partial charge on any atom is -0.327 e. The van der Waals surface area contributed by atoms with Crippen LogP contribution in [0, 0.1) is 0 Å². The first-order valence-electron chi connectivity index (χ1n) is 3.87. The Kier molecular flexibility index (Phi) is 2.15. The first-order valence-corrected chi connectivity index (χ1v) is 4.75. The molecule has 1 aliphatic rings. The fourth-order valence-electron chi connectivity index (χ4n) is 1.21. The molecule has 0 saturated carbocycles. The van der Waals surface area contributed by atoms with E-state index in [1.165, 1.54) is 16.0 Å². The van der Waals surface area contributed by atoms with E-state index in [-0.39, 0.29) is 0 Å². The molecule has 0 spiro atoms. The number of rotatable bonds is 1. The summed E-state index contributed by atoms with van der Waals surface area (Å²) in [4.78, 5) is 5.33. The number of nitrogens with two attached hydrogens (primary N) is 1. The molecule has 2 nitrogen and oxygen atoms in total. The van der Waals surface area contributed by atoms with Crippen molar-refractivity contribution in [3.63, 3.8) is 0 Å². The van der Waals surface area contributed by atoms with Gasteiger partial charge in [-0.15, -0.1) is 0 Å².